The predicted molar refractivity (Wildman–Crippen MR) is 56.9 cm³/mol. The molecule has 0 aliphatic rings. The maximum absolute atomic E-state index is 13.4. The number of aromatic nitrogens is 1. The molecule has 2 nitrogen and oxygen atoms in total. The number of hydrogen-bond donors (Lipinski definition) is 0. The Balaban J connectivity index is 3.19. The topological polar surface area (TPSA) is 16.1 Å². The SMILES string of the molecule is CCC(C)(C)N(C)c1nc(F)c(F)cc1F. The molecule has 0 radical (unpaired) electrons. The van der Waals surface area contributed by atoms with Crippen molar-refractivity contribution in [2.45, 2.75) is 32.7 Å². The van der Waals surface area contributed by atoms with E-state index in [9.17, 15) is 13.2 Å². The van der Waals surface area contributed by atoms with E-state index < -0.39 is 17.6 Å². The fourth-order valence-electron chi connectivity index (χ4n) is 1.19. The molecule has 0 saturated heterocycles. The molecule has 1 rings (SSSR count). The van der Waals surface area contributed by atoms with E-state index in [1.54, 1.807) is 7.05 Å². The smallest absolute Gasteiger partial charge is 0.251 e. The molecule has 0 bridgehead atoms. The van der Waals surface area contributed by atoms with Gasteiger partial charge in [-0.05, 0) is 20.3 Å². The van der Waals surface area contributed by atoms with Crippen LogP contribution < -0.4 is 4.90 Å². The normalized spacial score (nSPS) is 11.7. The molecule has 5 heteroatoms. The first-order valence-electron chi connectivity index (χ1n) is 5.05. The summed E-state index contributed by atoms with van der Waals surface area (Å²) in [5, 5.41) is 0. The molecule has 0 unspecified atom stereocenters. The van der Waals surface area contributed by atoms with Crippen LogP contribution in [-0.2, 0) is 0 Å². The summed E-state index contributed by atoms with van der Waals surface area (Å²) in [5.41, 5.74) is -0.377. The van der Waals surface area contributed by atoms with Gasteiger partial charge in [-0.15, -0.1) is 0 Å². The fraction of sp³-hybridized carbons (Fsp3) is 0.545. The summed E-state index contributed by atoms with van der Waals surface area (Å²) in [6.07, 6.45) is 0.726. The summed E-state index contributed by atoms with van der Waals surface area (Å²) in [6.45, 7) is 5.67. The Labute approximate surface area is 93.1 Å². The Kier molecular flexibility index (Phi) is 3.45. The molecule has 16 heavy (non-hydrogen) atoms. The zero-order valence-electron chi connectivity index (χ0n) is 9.81. The van der Waals surface area contributed by atoms with Crippen molar-refractivity contribution in [3.63, 3.8) is 0 Å². The van der Waals surface area contributed by atoms with Crippen LogP contribution in [0.2, 0.25) is 0 Å². The van der Waals surface area contributed by atoms with Crippen LogP contribution in [0.5, 0.6) is 0 Å². The third-order valence-electron chi connectivity index (χ3n) is 2.96. The highest BCUT2D eigenvalue weighted by Crippen LogP contribution is 2.26. The van der Waals surface area contributed by atoms with Crippen molar-refractivity contribution >= 4 is 5.82 Å². The molecule has 0 atom stereocenters. The number of anilines is 1. The zero-order chi connectivity index (χ0) is 12.5. The van der Waals surface area contributed by atoms with E-state index in [1.807, 2.05) is 20.8 Å². The quantitative estimate of drug-likeness (QED) is 0.744. The third kappa shape index (κ3) is 2.28. The van der Waals surface area contributed by atoms with Crippen LogP contribution >= 0.6 is 0 Å². The summed E-state index contributed by atoms with van der Waals surface area (Å²) in [5.74, 6) is -3.59. The maximum atomic E-state index is 13.4. The number of halogens is 3. The van der Waals surface area contributed by atoms with Gasteiger partial charge in [0.25, 0.3) is 5.95 Å². The molecule has 0 aliphatic heterocycles. The van der Waals surface area contributed by atoms with E-state index in [0.29, 0.717) is 6.07 Å². The number of nitrogens with zero attached hydrogens (tertiary/aromatic N) is 2. The van der Waals surface area contributed by atoms with Crippen molar-refractivity contribution in [3.05, 3.63) is 23.6 Å². The summed E-state index contributed by atoms with van der Waals surface area (Å²) < 4.78 is 39.1. The van der Waals surface area contributed by atoms with Crippen LogP contribution in [-0.4, -0.2) is 17.6 Å². The first kappa shape index (κ1) is 12.8. The lowest BCUT2D eigenvalue weighted by molar-refractivity contribution is 0.434. The minimum Gasteiger partial charge on any atom is -0.352 e. The lowest BCUT2D eigenvalue weighted by Gasteiger charge is -2.35. The first-order valence-corrected chi connectivity index (χ1v) is 5.05. The van der Waals surface area contributed by atoms with Crippen LogP contribution in [0.3, 0.4) is 0 Å². The molecular weight excluding hydrogens is 217 g/mol. The van der Waals surface area contributed by atoms with Crippen molar-refractivity contribution in [1.82, 2.24) is 4.98 Å². The minimum absolute atomic E-state index is 0.175. The van der Waals surface area contributed by atoms with Crippen molar-refractivity contribution < 1.29 is 13.2 Å². The first-order chi connectivity index (χ1) is 7.29. The molecule has 1 aromatic rings. The second-order valence-corrected chi connectivity index (χ2v) is 4.29. The van der Waals surface area contributed by atoms with Gasteiger partial charge in [0.15, 0.2) is 17.5 Å². The standard InChI is InChI=1S/C11H15F3N2/c1-5-11(2,3)16(4)10-8(13)6-7(12)9(14)15-10/h6H,5H2,1-4H3. The molecule has 0 spiro atoms. The molecule has 0 fully saturated rings. The Bertz CT molecular complexity index is 391. The molecule has 0 N–H and O–H groups in total. The third-order valence-corrected chi connectivity index (χ3v) is 2.96. The van der Waals surface area contributed by atoms with E-state index in [2.05, 4.69) is 4.98 Å². The Morgan fingerprint density at radius 2 is 1.81 bits per heavy atom. The van der Waals surface area contributed by atoms with Crippen LogP contribution in [0.4, 0.5) is 19.0 Å². The van der Waals surface area contributed by atoms with Gasteiger partial charge in [-0.1, -0.05) is 6.92 Å². The van der Waals surface area contributed by atoms with E-state index in [4.69, 9.17) is 0 Å². The molecule has 0 aromatic carbocycles. The van der Waals surface area contributed by atoms with Gasteiger partial charge in [0.2, 0.25) is 0 Å². The van der Waals surface area contributed by atoms with Crippen molar-refractivity contribution in [1.29, 1.82) is 0 Å². The van der Waals surface area contributed by atoms with Crippen LogP contribution in [0, 0.1) is 17.6 Å². The largest absolute Gasteiger partial charge is 0.352 e. The highest BCUT2D eigenvalue weighted by atomic mass is 19.2. The number of rotatable bonds is 3. The lowest BCUT2D eigenvalue weighted by atomic mass is 10.00. The lowest BCUT2D eigenvalue weighted by Crippen LogP contribution is -2.41. The minimum atomic E-state index is -1.28. The van der Waals surface area contributed by atoms with Gasteiger partial charge in [-0.3, -0.25) is 0 Å². The highest BCUT2D eigenvalue weighted by molar-refractivity contribution is 5.42. The van der Waals surface area contributed by atoms with E-state index >= 15 is 0 Å². The van der Waals surface area contributed by atoms with Gasteiger partial charge in [0.05, 0.1) is 0 Å². The van der Waals surface area contributed by atoms with Crippen LogP contribution in [0.25, 0.3) is 0 Å². The van der Waals surface area contributed by atoms with Gasteiger partial charge >= 0.3 is 0 Å². The Morgan fingerprint density at radius 3 is 2.31 bits per heavy atom. The molecule has 1 aromatic heterocycles. The summed E-state index contributed by atoms with van der Waals surface area (Å²) in [7, 11) is 1.60. The second kappa shape index (κ2) is 4.31. The van der Waals surface area contributed by atoms with Crippen molar-refractivity contribution in [2.24, 2.45) is 0 Å². The van der Waals surface area contributed by atoms with Crippen molar-refractivity contribution in [2.75, 3.05) is 11.9 Å². The van der Waals surface area contributed by atoms with Gasteiger partial charge in [0, 0.05) is 18.7 Å². The average Bonchev–Trinajstić information content (AvgIpc) is 2.22. The molecule has 0 saturated carbocycles. The Morgan fingerprint density at radius 1 is 1.25 bits per heavy atom. The van der Waals surface area contributed by atoms with Gasteiger partial charge in [0.1, 0.15) is 0 Å². The van der Waals surface area contributed by atoms with Crippen LogP contribution in [0.15, 0.2) is 6.07 Å². The predicted octanol–water partition coefficient (Wildman–Crippen LogP) is 3.12. The Hall–Kier alpha value is -1.26. The fourth-order valence-corrected chi connectivity index (χ4v) is 1.19. The van der Waals surface area contributed by atoms with Gasteiger partial charge in [-0.2, -0.15) is 9.37 Å². The van der Waals surface area contributed by atoms with Crippen LogP contribution in [0.1, 0.15) is 27.2 Å². The van der Waals surface area contributed by atoms with E-state index in [0.717, 1.165) is 6.42 Å². The summed E-state index contributed by atoms with van der Waals surface area (Å²) in [6, 6.07) is 0.514. The maximum Gasteiger partial charge on any atom is 0.251 e. The number of hydrogen-bond acceptors (Lipinski definition) is 2. The number of pyridine rings is 1. The molecule has 0 aliphatic carbocycles. The monoisotopic (exact) mass is 232 g/mol. The van der Waals surface area contributed by atoms with E-state index in [-0.39, 0.29) is 11.4 Å². The highest BCUT2D eigenvalue weighted by Gasteiger charge is 2.26. The van der Waals surface area contributed by atoms with Crippen molar-refractivity contribution in [3.8, 4) is 0 Å². The second-order valence-electron chi connectivity index (χ2n) is 4.29. The zero-order valence-corrected chi connectivity index (χ0v) is 9.81. The summed E-state index contributed by atoms with van der Waals surface area (Å²) in [4.78, 5) is 4.80. The average molecular weight is 232 g/mol. The summed E-state index contributed by atoms with van der Waals surface area (Å²) >= 11 is 0. The molecule has 0 amide bonds. The molecule has 1 heterocycles. The van der Waals surface area contributed by atoms with Gasteiger partial charge in [-0.25, -0.2) is 8.78 Å². The molecular formula is C11H15F3N2. The molecule has 90 valence electrons. The van der Waals surface area contributed by atoms with Gasteiger partial charge < -0.3 is 4.90 Å². The van der Waals surface area contributed by atoms with E-state index in [1.165, 1.54) is 4.90 Å².